The first kappa shape index (κ1) is 31.0. The lowest BCUT2D eigenvalue weighted by Crippen LogP contribution is -2.75. The molecule has 2 aliphatic heterocycles. The highest BCUT2D eigenvalue weighted by Gasteiger charge is 2.53. The average molecular weight is 523 g/mol. The summed E-state index contributed by atoms with van der Waals surface area (Å²) in [5.41, 5.74) is -2.10. The van der Waals surface area contributed by atoms with Gasteiger partial charge in [-0.25, -0.2) is 9.90 Å². The van der Waals surface area contributed by atoms with E-state index in [2.05, 4.69) is 44.4 Å². The van der Waals surface area contributed by atoms with E-state index >= 15 is 0 Å². The number of ether oxygens (including phenoxy) is 1. The van der Waals surface area contributed by atoms with E-state index in [4.69, 9.17) is 4.74 Å². The molecule has 0 N–H and O–H groups in total. The molecule has 10 heteroatoms. The molecule has 0 spiro atoms. The van der Waals surface area contributed by atoms with Gasteiger partial charge >= 0.3 is 11.9 Å². The first-order valence-electron chi connectivity index (χ1n) is 13.2. The molecule has 37 heavy (non-hydrogen) atoms. The Morgan fingerprint density at radius 2 is 1.24 bits per heavy atom. The van der Waals surface area contributed by atoms with E-state index in [0.717, 1.165) is 0 Å². The van der Waals surface area contributed by atoms with Crippen molar-refractivity contribution in [1.82, 2.24) is 19.6 Å². The van der Waals surface area contributed by atoms with E-state index in [1.54, 1.807) is 4.90 Å². The number of rotatable bonds is 11. The molecule has 0 aromatic rings. The normalized spacial score (nSPS) is 23.3. The van der Waals surface area contributed by atoms with Crippen LogP contribution in [0.4, 0.5) is 0 Å². The molecule has 0 aromatic heterocycles. The third kappa shape index (κ3) is 6.82. The largest absolute Gasteiger partial charge is 0.464 e. The number of nitrogens with zero attached hydrogens (tertiary/aromatic N) is 4. The van der Waals surface area contributed by atoms with Crippen molar-refractivity contribution < 1.29 is 29.0 Å². The Morgan fingerprint density at radius 1 is 0.784 bits per heavy atom. The van der Waals surface area contributed by atoms with Crippen LogP contribution in [0.1, 0.15) is 74.7 Å². The zero-order chi connectivity index (χ0) is 28.4. The highest BCUT2D eigenvalue weighted by Crippen LogP contribution is 2.36. The molecule has 0 aromatic carbocycles. The van der Waals surface area contributed by atoms with Crippen molar-refractivity contribution in [1.29, 1.82) is 0 Å². The molecule has 0 aliphatic carbocycles. The summed E-state index contributed by atoms with van der Waals surface area (Å²) < 4.78 is 5.23. The Morgan fingerprint density at radius 3 is 1.70 bits per heavy atom. The third-order valence-corrected chi connectivity index (χ3v) is 7.79. The predicted octanol–water partition coefficient (Wildman–Crippen LogP) is 1.89. The molecule has 2 saturated heterocycles. The maximum atomic E-state index is 13.5. The van der Waals surface area contributed by atoms with Crippen molar-refractivity contribution in [3.63, 3.8) is 0 Å². The van der Waals surface area contributed by atoms with Crippen molar-refractivity contribution in [3.8, 4) is 0 Å². The molecule has 0 atom stereocenters. The maximum Gasteiger partial charge on any atom is 0.355 e. The summed E-state index contributed by atoms with van der Waals surface area (Å²) >= 11 is 0. The number of hydrogen-bond donors (Lipinski definition) is 0. The second kappa shape index (κ2) is 11.3. The van der Waals surface area contributed by atoms with Crippen LogP contribution in [0.25, 0.3) is 0 Å². The lowest BCUT2D eigenvalue weighted by molar-refractivity contribution is -0.168. The molecule has 2 rings (SSSR count). The zero-order valence-corrected chi connectivity index (χ0v) is 24.0. The van der Waals surface area contributed by atoms with Crippen molar-refractivity contribution >= 4 is 23.8 Å². The van der Waals surface area contributed by atoms with E-state index in [9.17, 15) is 24.3 Å². The van der Waals surface area contributed by atoms with Crippen molar-refractivity contribution in [2.24, 2.45) is 0 Å². The molecule has 2 amide bonds. The Labute approximate surface area is 222 Å². The highest BCUT2D eigenvalue weighted by molar-refractivity contribution is 5.87. The van der Waals surface area contributed by atoms with Gasteiger partial charge in [0.1, 0.15) is 6.61 Å². The summed E-state index contributed by atoms with van der Waals surface area (Å²) in [6.07, 6.45) is -0.0146. The smallest absolute Gasteiger partial charge is 0.355 e. The second-order valence-corrected chi connectivity index (χ2v) is 12.4. The van der Waals surface area contributed by atoms with E-state index in [0.29, 0.717) is 32.7 Å². The summed E-state index contributed by atoms with van der Waals surface area (Å²) in [5.74, 6) is -1.66. The molecular weight excluding hydrogens is 476 g/mol. The molecule has 2 fully saturated rings. The molecule has 210 valence electrons. The van der Waals surface area contributed by atoms with E-state index in [-0.39, 0.29) is 55.3 Å². The number of esters is 1. The van der Waals surface area contributed by atoms with Gasteiger partial charge in [-0.3, -0.25) is 24.2 Å². The first-order valence-corrected chi connectivity index (χ1v) is 13.2. The number of piperazine rings is 2. The van der Waals surface area contributed by atoms with Crippen LogP contribution in [0.3, 0.4) is 0 Å². The van der Waals surface area contributed by atoms with Crippen LogP contribution in [-0.4, -0.2) is 111 Å². The fraction of sp³-hybridized carbons (Fsp3) is 0.815. The van der Waals surface area contributed by atoms with Crippen molar-refractivity contribution in [3.05, 3.63) is 6.92 Å². The number of amides is 2. The average Bonchev–Trinajstić information content (AvgIpc) is 2.76. The molecule has 10 nitrogen and oxygen atoms in total. The minimum absolute atomic E-state index is 0.00488. The lowest BCUT2D eigenvalue weighted by Gasteiger charge is -2.58. The fourth-order valence-electron chi connectivity index (χ4n) is 6.21. The van der Waals surface area contributed by atoms with Crippen LogP contribution in [0.15, 0.2) is 0 Å². The number of carbonyl (C=O) groups is 4. The number of hydrogen-bond acceptors (Lipinski definition) is 7. The summed E-state index contributed by atoms with van der Waals surface area (Å²) in [6.45, 7) is 23.2. The van der Waals surface area contributed by atoms with Gasteiger partial charge in [0.05, 0.1) is 24.0 Å². The highest BCUT2D eigenvalue weighted by atomic mass is 16.5. The van der Waals surface area contributed by atoms with Crippen LogP contribution in [0.5, 0.6) is 0 Å². The standard InChI is InChI=1S/C27H46N4O6/c1-10-28-18-24(2,3)30(26(6,7)22(28)35)14-15-31-25(4,5)19-29(23(36)27(31,8)9)16-17-37-21(34)13-11-12-20(32)33/h1,10-19H2,2-9H3. The second-order valence-electron chi connectivity index (χ2n) is 12.4. The van der Waals surface area contributed by atoms with Gasteiger partial charge in [-0.05, 0) is 68.7 Å². The summed E-state index contributed by atoms with van der Waals surface area (Å²) in [7, 11) is 0. The van der Waals surface area contributed by atoms with Gasteiger partial charge in [0.2, 0.25) is 11.8 Å². The summed E-state index contributed by atoms with van der Waals surface area (Å²) in [5, 5.41) is 10.5. The molecule has 0 unspecified atom stereocenters. The van der Waals surface area contributed by atoms with Crippen LogP contribution >= 0.6 is 0 Å². The van der Waals surface area contributed by atoms with Crippen molar-refractivity contribution in [2.45, 2.75) is 96.8 Å². The molecule has 0 bridgehead atoms. The van der Waals surface area contributed by atoms with Gasteiger partial charge in [0.25, 0.3) is 0 Å². The van der Waals surface area contributed by atoms with Gasteiger partial charge in [-0.15, -0.1) is 0 Å². The Balaban J connectivity index is 2.06. The monoisotopic (exact) mass is 522 g/mol. The summed E-state index contributed by atoms with van der Waals surface area (Å²) in [4.78, 5) is 57.0. The Bertz CT molecular complexity index is 882. The van der Waals surface area contributed by atoms with Crippen LogP contribution < -0.4 is 0 Å². The van der Waals surface area contributed by atoms with Gasteiger partial charge in [0, 0.05) is 50.2 Å². The third-order valence-electron chi connectivity index (χ3n) is 7.79. The van der Waals surface area contributed by atoms with Gasteiger partial charge in [0.15, 0.2) is 0 Å². The van der Waals surface area contributed by atoms with Crippen molar-refractivity contribution in [2.75, 3.05) is 45.9 Å². The topological polar surface area (TPSA) is 110 Å². The quantitative estimate of drug-likeness (QED) is 0.381. The summed E-state index contributed by atoms with van der Waals surface area (Å²) in [6, 6.07) is 0. The van der Waals surface area contributed by atoms with E-state index < -0.39 is 23.0 Å². The lowest BCUT2D eigenvalue weighted by atomic mass is 9.85. The van der Waals surface area contributed by atoms with Gasteiger partial charge in [-0.2, -0.15) is 0 Å². The molecule has 0 saturated carbocycles. The van der Waals surface area contributed by atoms with Gasteiger partial charge < -0.3 is 14.5 Å². The van der Waals surface area contributed by atoms with Crippen LogP contribution in [0, 0.1) is 6.92 Å². The molecule has 2 radical (unpaired) electrons. The minimum atomic E-state index is -1.19. The Kier molecular flexibility index (Phi) is 9.45. The van der Waals surface area contributed by atoms with Crippen LogP contribution in [0.2, 0.25) is 0 Å². The molecule has 2 heterocycles. The van der Waals surface area contributed by atoms with E-state index in [1.807, 2.05) is 32.6 Å². The first-order chi connectivity index (χ1) is 16.9. The van der Waals surface area contributed by atoms with E-state index in [1.165, 1.54) is 0 Å². The van der Waals surface area contributed by atoms with Gasteiger partial charge in [-0.1, -0.05) is 0 Å². The minimum Gasteiger partial charge on any atom is -0.464 e. The maximum absolute atomic E-state index is 13.5. The molecular formula is C27H46N4O6. The molecule has 2 aliphatic rings. The zero-order valence-electron chi connectivity index (χ0n) is 24.0. The van der Waals surface area contributed by atoms with Crippen LogP contribution in [-0.2, 0) is 29.0 Å². The fourth-order valence-corrected chi connectivity index (χ4v) is 6.21. The SMILES string of the molecule is [CH2]CN1CC(C)(C)N(CCN2C(C)(C)CN(CCOC(=O)CCCC([O])=O)C(=O)C2(C)C)C(C)(C)C1=O. The predicted molar refractivity (Wildman–Crippen MR) is 139 cm³/mol. The Hall–Kier alpha value is -2.20. The number of carbonyl (C=O) groups excluding carboxylic acids is 4.